The number of pyridine rings is 1. The number of anilines is 1. The smallest absolute Gasteiger partial charge is 0.274 e. The van der Waals surface area contributed by atoms with E-state index in [1.807, 2.05) is 43.9 Å². The van der Waals surface area contributed by atoms with E-state index in [4.69, 9.17) is 9.47 Å². The number of amides is 1. The molecule has 150 valence electrons. The van der Waals surface area contributed by atoms with Gasteiger partial charge in [-0.2, -0.15) is 10.1 Å². The van der Waals surface area contributed by atoms with Crippen LogP contribution in [0.15, 0.2) is 18.2 Å². The first-order chi connectivity index (χ1) is 13.6. The number of fused-ring (bicyclic) bond motifs is 1. The lowest BCUT2D eigenvalue weighted by atomic mass is 9.99. The number of nitrogens with zero attached hydrogens (tertiary/aromatic N) is 4. The third kappa shape index (κ3) is 3.56. The second-order valence-corrected chi connectivity index (χ2v) is 7.30. The van der Waals surface area contributed by atoms with E-state index in [9.17, 15) is 4.79 Å². The van der Waals surface area contributed by atoms with Crippen molar-refractivity contribution in [2.45, 2.75) is 39.4 Å². The molecule has 8 nitrogen and oxygen atoms in total. The summed E-state index contributed by atoms with van der Waals surface area (Å²) >= 11 is 0. The zero-order chi connectivity index (χ0) is 19.7. The molecule has 1 N–H and O–H groups in total. The Bertz CT molecular complexity index is 844. The van der Waals surface area contributed by atoms with Crippen LogP contribution in [0.25, 0.3) is 0 Å². The topological polar surface area (TPSA) is 83.6 Å². The summed E-state index contributed by atoms with van der Waals surface area (Å²) in [5, 5.41) is 7.34. The molecule has 2 aliphatic rings. The van der Waals surface area contributed by atoms with E-state index in [-0.39, 0.29) is 18.1 Å². The Kier molecular flexibility index (Phi) is 5.21. The van der Waals surface area contributed by atoms with Gasteiger partial charge in [0.1, 0.15) is 5.82 Å². The number of piperazine rings is 1. The van der Waals surface area contributed by atoms with Crippen molar-refractivity contribution >= 4 is 11.7 Å². The van der Waals surface area contributed by atoms with E-state index in [1.165, 1.54) is 0 Å². The monoisotopic (exact) mass is 385 g/mol. The van der Waals surface area contributed by atoms with Gasteiger partial charge < -0.3 is 19.3 Å². The van der Waals surface area contributed by atoms with Crippen LogP contribution in [0.2, 0.25) is 0 Å². The van der Waals surface area contributed by atoms with Crippen LogP contribution >= 0.6 is 0 Å². The maximum absolute atomic E-state index is 13.1. The summed E-state index contributed by atoms with van der Waals surface area (Å²) < 4.78 is 11.3. The van der Waals surface area contributed by atoms with Crippen LogP contribution in [0.1, 0.15) is 48.6 Å². The molecule has 28 heavy (non-hydrogen) atoms. The number of aromatic amines is 1. The highest BCUT2D eigenvalue weighted by Crippen LogP contribution is 2.30. The minimum Gasteiger partial charge on any atom is -0.478 e. The van der Waals surface area contributed by atoms with E-state index in [0.29, 0.717) is 37.7 Å². The molecule has 4 rings (SSSR count). The minimum atomic E-state index is -0.0617. The highest BCUT2D eigenvalue weighted by atomic mass is 16.5. The summed E-state index contributed by atoms with van der Waals surface area (Å²) in [6.07, 6.45) is 0.742. The van der Waals surface area contributed by atoms with Gasteiger partial charge in [-0.15, -0.1) is 0 Å². The van der Waals surface area contributed by atoms with Gasteiger partial charge in [-0.25, -0.2) is 0 Å². The van der Waals surface area contributed by atoms with Gasteiger partial charge in [0.05, 0.1) is 24.5 Å². The molecule has 0 radical (unpaired) electrons. The average molecular weight is 385 g/mol. The third-order valence-electron chi connectivity index (χ3n) is 5.33. The van der Waals surface area contributed by atoms with E-state index < -0.39 is 0 Å². The van der Waals surface area contributed by atoms with Gasteiger partial charge in [0.25, 0.3) is 5.91 Å². The van der Waals surface area contributed by atoms with Gasteiger partial charge in [-0.05, 0) is 26.8 Å². The Morgan fingerprint density at radius 3 is 2.82 bits per heavy atom. The van der Waals surface area contributed by atoms with Crippen LogP contribution in [0.5, 0.6) is 5.88 Å². The number of hydrogen-bond acceptors (Lipinski definition) is 6. The van der Waals surface area contributed by atoms with Crippen molar-refractivity contribution in [3.8, 4) is 5.88 Å². The Hall–Kier alpha value is -2.61. The predicted octanol–water partition coefficient (Wildman–Crippen LogP) is 2.19. The average Bonchev–Trinajstić information content (AvgIpc) is 3.12. The number of nitrogens with one attached hydrogen (secondary N) is 1. The molecule has 0 unspecified atom stereocenters. The van der Waals surface area contributed by atoms with Gasteiger partial charge in [0.15, 0.2) is 5.69 Å². The molecule has 0 spiro atoms. The fourth-order valence-electron chi connectivity index (χ4n) is 3.95. The summed E-state index contributed by atoms with van der Waals surface area (Å²) in [6.45, 7) is 9.31. The summed E-state index contributed by atoms with van der Waals surface area (Å²) in [4.78, 5) is 21.7. The van der Waals surface area contributed by atoms with Crippen LogP contribution in [0.4, 0.5) is 5.82 Å². The summed E-state index contributed by atoms with van der Waals surface area (Å²) in [5.41, 5.74) is 2.48. The highest BCUT2D eigenvalue weighted by Gasteiger charge is 2.32. The normalized spacial score (nSPS) is 22.1. The van der Waals surface area contributed by atoms with Crippen molar-refractivity contribution in [3.05, 3.63) is 35.2 Å². The summed E-state index contributed by atoms with van der Waals surface area (Å²) in [5.74, 6) is 1.51. The molecule has 2 aliphatic heterocycles. The quantitative estimate of drug-likeness (QED) is 0.869. The van der Waals surface area contributed by atoms with Crippen LogP contribution in [-0.4, -0.2) is 64.9 Å². The number of rotatable bonds is 4. The maximum atomic E-state index is 13.1. The molecule has 2 atom stereocenters. The van der Waals surface area contributed by atoms with E-state index in [0.717, 1.165) is 30.2 Å². The Labute approximate surface area is 164 Å². The SMILES string of the molecule is CCOc1cccc(N2CCN(C(=O)c3n[nH]c4c3C[C@H](C)O[C@@H]4C)CC2)n1. The second-order valence-electron chi connectivity index (χ2n) is 7.30. The Balaban J connectivity index is 1.43. The van der Waals surface area contributed by atoms with Gasteiger partial charge in [0.2, 0.25) is 5.88 Å². The lowest BCUT2D eigenvalue weighted by Crippen LogP contribution is -2.49. The lowest BCUT2D eigenvalue weighted by Gasteiger charge is -2.35. The zero-order valence-corrected chi connectivity index (χ0v) is 16.6. The molecule has 4 heterocycles. The first kappa shape index (κ1) is 18.7. The fraction of sp³-hybridized carbons (Fsp3) is 0.550. The lowest BCUT2D eigenvalue weighted by molar-refractivity contribution is -0.00702. The van der Waals surface area contributed by atoms with Gasteiger partial charge in [0, 0.05) is 44.2 Å². The van der Waals surface area contributed by atoms with E-state index in [1.54, 1.807) is 0 Å². The summed E-state index contributed by atoms with van der Waals surface area (Å²) in [7, 11) is 0. The number of carbonyl (C=O) groups is 1. The highest BCUT2D eigenvalue weighted by molar-refractivity contribution is 5.94. The van der Waals surface area contributed by atoms with Crippen LogP contribution in [0, 0.1) is 0 Å². The molecule has 1 saturated heterocycles. The molecular weight excluding hydrogens is 358 g/mol. The van der Waals surface area contributed by atoms with Gasteiger partial charge in [-0.3, -0.25) is 9.89 Å². The van der Waals surface area contributed by atoms with E-state index in [2.05, 4.69) is 20.1 Å². The van der Waals surface area contributed by atoms with E-state index >= 15 is 0 Å². The molecule has 0 aromatic carbocycles. The molecule has 1 amide bonds. The fourth-order valence-corrected chi connectivity index (χ4v) is 3.95. The number of ether oxygens (including phenoxy) is 2. The standard InChI is InChI=1S/C20H27N5O3/c1-4-27-17-7-5-6-16(21-17)24-8-10-25(11-9-24)20(26)19-15-12-13(2)28-14(3)18(15)22-23-19/h5-7,13-14H,4,8-12H2,1-3H3,(H,22,23)/t13-,14+/m0/s1. The molecule has 8 heteroatoms. The molecule has 1 fully saturated rings. The Morgan fingerprint density at radius 2 is 2.07 bits per heavy atom. The molecule has 0 saturated carbocycles. The van der Waals surface area contributed by atoms with Crippen molar-refractivity contribution in [2.24, 2.45) is 0 Å². The zero-order valence-electron chi connectivity index (χ0n) is 16.6. The molecular formula is C20H27N5O3. The van der Waals surface area contributed by atoms with Gasteiger partial charge in [-0.1, -0.05) is 6.07 Å². The molecule has 2 aromatic rings. The van der Waals surface area contributed by atoms with Crippen molar-refractivity contribution in [1.29, 1.82) is 0 Å². The summed E-state index contributed by atoms with van der Waals surface area (Å²) in [6, 6.07) is 5.79. The van der Waals surface area contributed by atoms with Crippen LogP contribution in [-0.2, 0) is 11.2 Å². The first-order valence-electron chi connectivity index (χ1n) is 9.93. The van der Waals surface area contributed by atoms with Crippen molar-refractivity contribution < 1.29 is 14.3 Å². The predicted molar refractivity (Wildman–Crippen MR) is 105 cm³/mol. The van der Waals surface area contributed by atoms with Crippen LogP contribution in [0.3, 0.4) is 0 Å². The first-order valence-corrected chi connectivity index (χ1v) is 9.93. The van der Waals surface area contributed by atoms with Gasteiger partial charge >= 0.3 is 0 Å². The number of H-pyrrole nitrogens is 1. The number of aromatic nitrogens is 3. The molecule has 0 aliphatic carbocycles. The largest absolute Gasteiger partial charge is 0.478 e. The van der Waals surface area contributed by atoms with Crippen molar-refractivity contribution in [1.82, 2.24) is 20.1 Å². The number of carbonyl (C=O) groups excluding carboxylic acids is 1. The van der Waals surface area contributed by atoms with Crippen LogP contribution < -0.4 is 9.64 Å². The van der Waals surface area contributed by atoms with Crippen molar-refractivity contribution in [3.63, 3.8) is 0 Å². The molecule has 2 aromatic heterocycles. The molecule has 0 bridgehead atoms. The maximum Gasteiger partial charge on any atom is 0.274 e. The van der Waals surface area contributed by atoms with Crippen molar-refractivity contribution in [2.75, 3.05) is 37.7 Å². The minimum absolute atomic E-state index is 0.00511. The number of hydrogen-bond donors (Lipinski definition) is 1. The third-order valence-corrected chi connectivity index (χ3v) is 5.33. The second kappa shape index (κ2) is 7.79. The Morgan fingerprint density at radius 1 is 1.29 bits per heavy atom.